The Morgan fingerprint density at radius 3 is 3.08 bits per heavy atom. The first-order valence-electron chi connectivity index (χ1n) is 4.16. The summed E-state index contributed by atoms with van der Waals surface area (Å²) in [6, 6.07) is 0. The van der Waals surface area contributed by atoms with E-state index in [1.807, 2.05) is 18.4 Å². The molecule has 2 aliphatic heterocycles. The summed E-state index contributed by atoms with van der Waals surface area (Å²) < 4.78 is 0. The van der Waals surface area contributed by atoms with Gasteiger partial charge in [0.2, 0.25) is 0 Å². The molecule has 1 unspecified atom stereocenters. The van der Waals surface area contributed by atoms with E-state index in [0.29, 0.717) is 0 Å². The van der Waals surface area contributed by atoms with Gasteiger partial charge in [-0.1, -0.05) is 0 Å². The minimum absolute atomic E-state index is 0.0617. The molecule has 0 aliphatic carbocycles. The number of nitrogens with zero attached hydrogens (tertiary/aromatic N) is 3. The van der Waals surface area contributed by atoms with Crippen LogP contribution in [0.1, 0.15) is 6.42 Å². The Balaban J connectivity index is 1.96. The fraction of sp³-hybridized carbons (Fsp3) is 0.286. The summed E-state index contributed by atoms with van der Waals surface area (Å²) in [7, 11) is 0. The van der Waals surface area contributed by atoms with E-state index in [1.165, 1.54) is 0 Å². The number of rotatable bonds is 2. The number of hydrogen-bond donors (Lipinski definition) is 3. The number of hydrazine groups is 1. The van der Waals surface area contributed by atoms with Crippen LogP contribution in [-0.2, 0) is 0 Å². The Morgan fingerprint density at radius 1 is 1.54 bits per heavy atom. The van der Waals surface area contributed by atoms with Crippen LogP contribution in [0.5, 0.6) is 0 Å². The summed E-state index contributed by atoms with van der Waals surface area (Å²) in [6.45, 7) is 0.844. The second-order valence-electron chi connectivity index (χ2n) is 2.92. The Morgan fingerprint density at radius 2 is 2.46 bits per heavy atom. The van der Waals surface area contributed by atoms with Crippen molar-refractivity contribution < 1.29 is 4.81 Å². The molecule has 1 atom stereocenters. The Bertz CT molecular complexity index is 270. The van der Waals surface area contributed by atoms with Gasteiger partial charge in [0.1, 0.15) is 0 Å². The minimum atomic E-state index is -0.0617. The standard InChI is InChI=1S/C7H13N6/c8-13(7-2-1-5-10-13)11-12-6-3-4-9-12/h1-2,4-5,7,10-11H,3,6,8H2/q+1. The number of nitrogens with one attached hydrogen (secondary N) is 2. The summed E-state index contributed by atoms with van der Waals surface area (Å²) in [4.78, 5) is -0.0617. The van der Waals surface area contributed by atoms with E-state index in [4.69, 9.17) is 5.84 Å². The third kappa shape index (κ3) is 1.86. The van der Waals surface area contributed by atoms with E-state index in [9.17, 15) is 0 Å². The fourth-order valence-corrected chi connectivity index (χ4v) is 1.17. The summed E-state index contributed by atoms with van der Waals surface area (Å²) >= 11 is 0. The van der Waals surface area contributed by atoms with Gasteiger partial charge in [-0.15, -0.1) is 5.84 Å². The summed E-state index contributed by atoms with van der Waals surface area (Å²) in [6.07, 6.45) is 10.1. The molecule has 0 aromatic heterocycles. The molecule has 70 valence electrons. The largest absolute Gasteiger partial charge is 0.199 e. The summed E-state index contributed by atoms with van der Waals surface area (Å²) in [5.41, 5.74) is 5.94. The van der Waals surface area contributed by atoms with E-state index in [2.05, 4.69) is 16.1 Å². The van der Waals surface area contributed by atoms with Crippen LogP contribution in [0.3, 0.4) is 0 Å². The molecule has 0 aromatic rings. The molecule has 0 bridgehead atoms. The van der Waals surface area contributed by atoms with Crippen molar-refractivity contribution in [2.45, 2.75) is 6.42 Å². The lowest BCUT2D eigenvalue weighted by Crippen LogP contribution is -2.69. The average molecular weight is 181 g/mol. The molecule has 2 rings (SSSR count). The molecule has 2 heterocycles. The van der Waals surface area contributed by atoms with Crippen molar-refractivity contribution in [3.05, 3.63) is 24.6 Å². The topological polar surface area (TPSA) is 65.7 Å². The summed E-state index contributed by atoms with van der Waals surface area (Å²) in [5.74, 6) is 5.90. The number of nitrogens with two attached hydrogens (primary N) is 1. The van der Waals surface area contributed by atoms with E-state index >= 15 is 0 Å². The smallest absolute Gasteiger partial charge is 0.163 e. The molecule has 6 nitrogen and oxygen atoms in total. The van der Waals surface area contributed by atoms with E-state index in [-0.39, 0.29) is 4.81 Å². The number of quaternary nitrogens is 1. The van der Waals surface area contributed by atoms with Gasteiger partial charge in [-0.25, -0.2) is 0 Å². The molecular formula is C7H13N6+. The van der Waals surface area contributed by atoms with Gasteiger partial charge in [-0.05, 0) is 22.5 Å². The van der Waals surface area contributed by atoms with Crippen LogP contribution in [0, 0.1) is 0 Å². The van der Waals surface area contributed by atoms with Crippen molar-refractivity contribution in [2.24, 2.45) is 10.9 Å². The van der Waals surface area contributed by atoms with Gasteiger partial charge in [-0.3, -0.25) is 0 Å². The molecule has 0 amide bonds. The predicted molar refractivity (Wildman–Crippen MR) is 48.8 cm³/mol. The van der Waals surface area contributed by atoms with Crippen LogP contribution in [-0.4, -0.2) is 22.7 Å². The first-order valence-corrected chi connectivity index (χ1v) is 4.16. The van der Waals surface area contributed by atoms with Gasteiger partial charge >= 0.3 is 0 Å². The van der Waals surface area contributed by atoms with E-state index in [1.54, 1.807) is 17.5 Å². The maximum absolute atomic E-state index is 5.90. The van der Waals surface area contributed by atoms with Crippen molar-refractivity contribution >= 4 is 6.21 Å². The van der Waals surface area contributed by atoms with Crippen LogP contribution >= 0.6 is 0 Å². The van der Waals surface area contributed by atoms with Crippen molar-refractivity contribution in [3.8, 4) is 0 Å². The third-order valence-electron chi connectivity index (χ3n) is 1.79. The van der Waals surface area contributed by atoms with Gasteiger partial charge in [0, 0.05) is 12.6 Å². The van der Waals surface area contributed by atoms with E-state index in [0.717, 1.165) is 13.0 Å². The lowest BCUT2D eigenvalue weighted by molar-refractivity contribution is -0.985. The predicted octanol–water partition coefficient (Wildman–Crippen LogP) is -0.666. The Hall–Kier alpha value is -1.37. The lowest BCUT2D eigenvalue weighted by atomic mass is 10.5. The normalized spacial score (nSPS) is 31.0. The molecule has 13 heavy (non-hydrogen) atoms. The zero-order valence-electron chi connectivity index (χ0n) is 7.22. The SMILES string of the molecule is N[N+]1(NN2CCC=N2)C=CC=CN1. The highest BCUT2D eigenvalue weighted by Gasteiger charge is 2.24. The Labute approximate surface area is 76.5 Å². The molecule has 0 aromatic carbocycles. The molecule has 0 radical (unpaired) electrons. The van der Waals surface area contributed by atoms with Crippen molar-refractivity contribution in [2.75, 3.05) is 6.54 Å². The van der Waals surface area contributed by atoms with Crippen molar-refractivity contribution in [1.82, 2.24) is 16.1 Å². The number of allylic oxidation sites excluding steroid dienone is 2. The molecule has 0 saturated carbocycles. The average Bonchev–Trinajstić information content (AvgIpc) is 2.57. The highest BCUT2D eigenvalue weighted by atomic mass is 16.1. The van der Waals surface area contributed by atoms with E-state index < -0.39 is 0 Å². The van der Waals surface area contributed by atoms with Gasteiger partial charge in [-0.2, -0.15) is 15.6 Å². The highest BCUT2D eigenvalue weighted by Crippen LogP contribution is 2.01. The van der Waals surface area contributed by atoms with Crippen molar-refractivity contribution in [1.29, 1.82) is 0 Å². The summed E-state index contributed by atoms with van der Waals surface area (Å²) in [5, 5.41) is 5.78. The highest BCUT2D eigenvalue weighted by molar-refractivity contribution is 5.58. The van der Waals surface area contributed by atoms with Gasteiger partial charge in [0.15, 0.2) is 6.20 Å². The van der Waals surface area contributed by atoms with Gasteiger partial charge < -0.3 is 0 Å². The lowest BCUT2D eigenvalue weighted by Gasteiger charge is -2.30. The van der Waals surface area contributed by atoms with Crippen LogP contribution in [0.15, 0.2) is 29.7 Å². The second-order valence-corrected chi connectivity index (χ2v) is 2.92. The van der Waals surface area contributed by atoms with Crippen LogP contribution in [0.2, 0.25) is 0 Å². The molecule has 0 fully saturated rings. The molecule has 2 aliphatic rings. The molecular weight excluding hydrogens is 168 g/mol. The van der Waals surface area contributed by atoms with Crippen LogP contribution in [0.25, 0.3) is 0 Å². The molecule has 0 saturated heterocycles. The maximum atomic E-state index is 5.90. The zero-order valence-corrected chi connectivity index (χ0v) is 7.22. The zero-order chi connectivity index (χ0) is 9.15. The fourth-order valence-electron chi connectivity index (χ4n) is 1.17. The monoisotopic (exact) mass is 181 g/mol. The van der Waals surface area contributed by atoms with Crippen molar-refractivity contribution in [3.63, 3.8) is 0 Å². The first kappa shape index (κ1) is 8.24. The number of hydrogen-bond acceptors (Lipinski definition) is 5. The Kier molecular flexibility index (Phi) is 2.01. The quantitative estimate of drug-likeness (QED) is 0.390. The van der Waals surface area contributed by atoms with Crippen LogP contribution in [0.4, 0.5) is 0 Å². The van der Waals surface area contributed by atoms with Crippen LogP contribution < -0.4 is 16.8 Å². The number of hydrazone groups is 1. The molecule has 6 heteroatoms. The minimum Gasteiger partial charge on any atom is -0.199 e. The molecule has 0 spiro atoms. The molecule has 4 N–H and O–H groups in total. The van der Waals surface area contributed by atoms with Gasteiger partial charge in [0.05, 0.1) is 12.7 Å². The maximum Gasteiger partial charge on any atom is 0.163 e. The second kappa shape index (κ2) is 3.17. The first-order chi connectivity index (χ1) is 6.29. The van der Waals surface area contributed by atoms with Gasteiger partial charge in [0.25, 0.3) is 0 Å². The third-order valence-corrected chi connectivity index (χ3v) is 1.79.